The lowest BCUT2D eigenvalue weighted by Crippen LogP contribution is -2.40. The number of nitrogens with zero attached hydrogens (tertiary/aromatic N) is 5. The maximum Gasteiger partial charge on any atom is 0.191 e. The number of nitrogens with one attached hydrogen (secondary N) is 2. The van der Waals surface area contributed by atoms with Crippen molar-refractivity contribution in [3.8, 4) is 0 Å². The molecule has 2 rings (SSSR count). The summed E-state index contributed by atoms with van der Waals surface area (Å²) < 4.78 is 1.74. The molecule has 7 heteroatoms. The van der Waals surface area contributed by atoms with E-state index in [9.17, 15) is 0 Å². The highest BCUT2D eigenvalue weighted by Crippen LogP contribution is 2.01. The molecule has 7 nitrogen and oxygen atoms in total. The molecule has 2 aromatic rings. The van der Waals surface area contributed by atoms with Gasteiger partial charge < -0.3 is 15.5 Å². The zero-order chi connectivity index (χ0) is 17.2. The highest BCUT2D eigenvalue weighted by atomic mass is 15.3. The third-order valence-corrected chi connectivity index (χ3v) is 3.61. The number of benzene rings is 1. The predicted octanol–water partition coefficient (Wildman–Crippen LogP) is 1.00. The SMILES string of the molecule is CCNC(=NCc1ncnn1C)NCCN(C)Cc1ccccc1. The molecular weight excluding hydrogens is 302 g/mol. The van der Waals surface area contributed by atoms with Gasteiger partial charge in [0, 0.05) is 33.2 Å². The second-order valence-electron chi connectivity index (χ2n) is 5.65. The lowest BCUT2D eigenvalue weighted by molar-refractivity contribution is 0.331. The van der Waals surface area contributed by atoms with Crippen molar-refractivity contribution in [3.63, 3.8) is 0 Å². The van der Waals surface area contributed by atoms with Crippen LogP contribution < -0.4 is 10.6 Å². The van der Waals surface area contributed by atoms with Gasteiger partial charge in [0.2, 0.25) is 0 Å². The zero-order valence-electron chi connectivity index (χ0n) is 14.7. The van der Waals surface area contributed by atoms with Gasteiger partial charge in [-0.25, -0.2) is 9.98 Å². The Balaban J connectivity index is 1.77. The molecule has 0 atom stereocenters. The molecule has 24 heavy (non-hydrogen) atoms. The summed E-state index contributed by atoms with van der Waals surface area (Å²) in [5.74, 6) is 1.64. The standard InChI is InChI=1S/C17H27N7/c1-4-18-17(20-12-16-21-14-22-24(16)3)19-10-11-23(2)13-15-8-6-5-7-9-15/h5-9,14H,4,10-13H2,1-3H3,(H2,18,19,20). The molecule has 0 amide bonds. The van der Waals surface area contributed by atoms with Crippen LogP contribution in [0.1, 0.15) is 18.3 Å². The van der Waals surface area contributed by atoms with E-state index in [0.29, 0.717) is 6.54 Å². The maximum absolute atomic E-state index is 4.55. The molecule has 0 aliphatic rings. The molecule has 2 N–H and O–H groups in total. The largest absolute Gasteiger partial charge is 0.357 e. The van der Waals surface area contributed by atoms with Crippen LogP contribution in [0.25, 0.3) is 0 Å². The van der Waals surface area contributed by atoms with E-state index in [2.05, 4.69) is 68.8 Å². The molecule has 130 valence electrons. The Labute approximate surface area is 143 Å². The molecule has 0 saturated carbocycles. The Hall–Kier alpha value is -2.41. The normalized spacial score (nSPS) is 11.8. The zero-order valence-corrected chi connectivity index (χ0v) is 14.7. The fourth-order valence-corrected chi connectivity index (χ4v) is 2.29. The van der Waals surface area contributed by atoms with Crippen LogP contribution in [0, 0.1) is 0 Å². The van der Waals surface area contributed by atoms with Gasteiger partial charge >= 0.3 is 0 Å². The lowest BCUT2D eigenvalue weighted by Gasteiger charge is -2.18. The van der Waals surface area contributed by atoms with E-state index in [-0.39, 0.29) is 0 Å². The number of guanidine groups is 1. The molecule has 0 aliphatic heterocycles. The Kier molecular flexibility index (Phi) is 7.22. The first-order chi connectivity index (χ1) is 11.7. The number of aromatic nitrogens is 3. The summed E-state index contributed by atoms with van der Waals surface area (Å²) >= 11 is 0. The quantitative estimate of drug-likeness (QED) is 0.558. The topological polar surface area (TPSA) is 70.4 Å². The summed E-state index contributed by atoms with van der Waals surface area (Å²) in [6.45, 7) is 6.09. The van der Waals surface area contributed by atoms with Crippen LogP contribution in [0.15, 0.2) is 41.7 Å². The van der Waals surface area contributed by atoms with Gasteiger partial charge in [0.1, 0.15) is 18.7 Å². The van der Waals surface area contributed by atoms with Gasteiger partial charge in [-0.05, 0) is 19.5 Å². The van der Waals surface area contributed by atoms with E-state index in [4.69, 9.17) is 0 Å². The second kappa shape index (κ2) is 9.67. The highest BCUT2D eigenvalue weighted by Gasteiger charge is 2.03. The molecule has 1 aromatic heterocycles. The van der Waals surface area contributed by atoms with Crippen LogP contribution in [0.5, 0.6) is 0 Å². The molecule has 0 saturated heterocycles. The average molecular weight is 329 g/mol. The van der Waals surface area contributed by atoms with Crippen molar-refractivity contribution in [2.75, 3.05) is 26.7 Å². The number of aryl methyl sites for hydroxylation is 1. The van der Waals surface area contributed by atoms with Gasteiger partial charge in [-0.3, -0.25) is 4.68 Å². The third-order valence-electron chi connectivity index (χ3n) is 3.61. The van der Waals surface area contributed by atoms with Crippen LogP contribution in [-0.4, -0.2) is 52.3 Å². The molecular formula is C17H27N7. The van der Waals surface area contributed by atoms with E-state index < -0.39 is 0 Å². The summed E-state index contributed by atoms with van der Waals surface area (Å²) in [6.07, 6.45) is 1.55. The van der Waals surface area contributed by atoms with E-state index in [1.54, 1.807) is 11.0 Å². The summed E-state index contributed by atoms with van der Waals surface area (Å²) in [5, 5.41) is 10.7. The van der Waals surface area contributed by atoms with Crippen LogP contribution in [-0.2, 0) is 20.1 Å². The number of likely N-dealkylation sites (N-methyl/N-ethyl adjacent to an activating group) is 1. The first-order valence-electron chi connectivity index (χ1n) is 8.26. The van der Waals surface area contributed by atoms with Gasteiger partial charge in [-0.1, -0.05) is 30.3 Å². The summed E-state index contributed by atoms with van der Waals surface area (Å²) in [4.78, 5) is 11.0. The minimum Gasteiger partial charge on any atom is -0.357 e. The third kappa shape index (κ3) is 6.00. The summed E-state index contributed by atoms with van der Waals surface area (Å²) in [7, 11) is 4.00. The van der Waals surface area contributed by atoms with Crippen molar-refractivity contribution in [3.05, 3.63) is 48.0 Å². The van der Waals surface area contributed by atoms with E-state index >= 15 is 0 Å². The minimum atomic E-state index is 0.506. The Morgan fingerprint density at radius 1 is 1.25 bits per heavy atom. The molecule has 0 fully saturated rings. The fraction of sp³-hybridized carbons (Fsp3) is 0.471. The molecule has 0 bridgehead atoms. The smallest absolute Gasteiger partial charge is 0.191 e. The first-order valence-corrected chi connectivity index (χ1v) is 8.26. The van der Waals surface area contributed by atoms with E-state index in [0.717, 1.165) is 38.0 Å². The van der Waals surface area contributed by atoms with Gasteiger partial charge in [0.15, 0.2) is 5.96 Å². The lowest BCUT2D eigenvalue weighted by atomic mass is 10.2. The van der Waals surface area contributed by atoms with E-state index in [1.807, 2.05) is 13.1 Å². The second-order valence-corrected chi connectivity index (χ2v) is 5.65. The monoisotopic (exact) mass is 329 g/mol. The average Bonchev–Trinajstić information content (AvgIpc) is 2.98. The minimum absolute atomic E-state index is 0.506. The number of hydrogen-bond donors (Lipinski definition) is 2. The van der Waals surface area contributed by atoms with Crippen molar-refractivity contribution in [2.45, 2.75) is 20.0 Å². The summed E-state index contributed by atoms with van der Waals surface area (Å²) in [5.41, 5.74) is 1.32. The van der Waals surface area contributed by atoms with Crippen molar-refractivity contribution in [2.24, 2.45) is 12.0 Å². The van der Waals surface area contributed by atoms with Crippen molar-refractivity contribution in [1.29, 1.82) is 0 Å². The number of hydrogen-bond acceptors (Lipinski definition) is 4. The maximum atomic E-state index is 4.55. The Morgan fingerprint density at radius 2 is 2.04 bits per heavy atom. The molecule has 0 spiro atoms. The highest BCUT2D eigenvalue weighted by molar-refractivity contribution is 5.79. The van der Waals surface area contributed by atoms with Crippen molar-refractivity contribution in [1.82, 2.24) is 30.3 Å². The number of rotatable bonds is 8. The van der Waals surface area contributed by atoms with Gasteiger partial charge in [0.05, 0.1) is 0 Å². The van der Waals surface area contributed by atoms with Gasteiger partial charge in [0.25, 0.3) is 0 Å². The predicted molar refractivity (Wildman–Crippen MR) is 96.6 cm³/mol. The molecule has 0 unspecified atom stereocenters. The summed E-state index contributed by atoms with van der Waals surface area (Å²) in [6, 6.07) is 10.5. The van der Waals surface area contributed by atoms with Crippen LogP contribution in [0.2, 0.25) is 0 Å². The van der Waals surface area contributed by atoms with Crippen molar-refractivity contribution < 1.29 is 0 Å². The van der Waals surface area contributed by atoms with Crippen LogP contribution in [0.3, 0.4) is 0 Å². The van der Waals surface area contributed by atoms with Crippen LogP contribution >= 0.6 is 0 Å². The van der Waals surface area contributed by atoms with Gasteiger partial charge in [-0.2, -0.15) is 5.10 Å². The molecule has 1 heterocycles. The van der Waals surface area contributed by atoms with Gasteiger partial charge in [-0.15, -0.1) is 0 Å². The van der Waals surface area contributed by atoms with E-state index in [1.165, 1.54) is 5.56 Å². The first kappa shape index (κ1) is 17.9. The fourth-order valence-electron chi connectivity index (χ4n) is 2.29. The van der Waals surface area contributed by atoms with Crippen molar-refractivity contribution >= 4 is 5.96 Å². The Bertz CT molecular complexity index is 621. The molecule has 0 aliphatic carbocycles. The van der Waals surface area contributed by atoms with Crippen LogP contribution in [0.4, 0.5) is 0 Å². The molecule has 1 aromatic carbocycles. The number of aliphatic imine (C=N–C) groups is 1. The molecule has 0 radical (unpaired) electrons. The Morgan fingerprint density at radius 3 is 2.71 bits per heavy atom.